The SMILES string of the molecule is Cc1cnc(CS(=O)CC(C)N)c(C)c1[N+](=O)[O-]. The first-order valence-corrected chi connectivity index (χ1v) is 7.01. The first kappa shape index (κ1) is 14.7. The Hall–Kier alpha value is -1.34. The van der Waals surface area contributed by atoms with Crippen molar-refractivity contribution in [2.45, 2.75) is 32.6 Å². The molecular formula is C11H17N3O3S. The second-order valence-electron chi connectivity index (χ2n) is 4.35. The summed E-state index contributed by atoms with van der Waals surface area (Å²) in [5.74, 6) is 0.567. The van der Waals surface area contributed by atoms with Crippen molar-refractivity contribution < 1.29 is 9.13 Å². The minimum absolute atomic E-state index is 0.0535. The van der Waals surface area contributed by atoms with Gasteiger partial charge in [0.1, 0.15) is 0 Å². The van der Waals surface area contributed by atoms with Gasteiger partial charge in [-0.3, -0.25) is 19.3 Å². The van der Waals surface area contributed by atoms with E-state index in [1.807, 2.05) is 0 Å². The first-order chi connectivity index (χ1) is 8.32. The van der Waals surface area contributed by atoms with Crippen LogP contribution in [0.4, 0.5) is 5.69 Å². The highest BCUT2D eigenvalue weighted by molar-refractivity contribution is 7.84. The summed E-state index contributed by atoms with van der Waals surface area (Å²) >= 11 is 0. The number of nitrogens with two attached hydrogens (primary N) is 1. The van der Waals surface area contributed by atoms with Crippen LogP contribution in [0.25, 0.3) is 0 Å². The first-order valence-electron chi connectivity index (χ1n) is 5.53. The van der Waals surface area contributed by atoms with Gasteiger partial charge in [0.15, 0.2) is 0 Å². The van der Waals surface area contributed by atoms with E-state index in [-0.39, 0.29) is 17.5 Å². The Morgan fingerprint density at radius 2 is 2.17 bits per heavy atom. The molecule has 2 atom stereocenters. The molecule has 1 aromatic heterocycles. The zero-order chi connectivity index (χ0) is 13.9. The second kappa shape index (κ2) is 6.01. The Labute approximate surface area is 108 Å². The maximum atomic E-state index is 11.8. The fourth-order valence-electron chi connectivity index (χ4n) is 1.70. The largest absolute Gasteiger partial charge is 0.327 e. The van der Waals surface area contributed by atoms with Crippen molar-refractivity contribution in [1.82, 2.24) is 4.98 Å². The average Bonchev–Trinajstić information content (AvgIpc) is 2.20. The van der Waals surface area contributed by atoms with Crippen molar-refractivity contribution in [2.75, 3.05) is 5.75 Å². The molecule has 0 saturated carbocycles. The van der Waals surface area contributed by atoms with Crippen molar-refractivity contribution in [3.05, 3.63) is 33.1 Å². The van der Waals surface area contributed by atoms with Gasteiger partial charge in [0.05, 0.1) is 16.4 Å². The lowest BCUT2D eigenvalue weighted by Crippen LogP contribution is -2.24. The monoisotopic (exact) mass is 271 g/mol. The van der Waals surface area contributed by atoms with Gasteiger partial charge < -0.3 is 5.73 Å². The Balaban J connectivity index is 3.01. The summed E-state index contributed by atoms with van der Waals surface area (Å²) < 4.78 is 11.8. The number of rotatable bonds is 5. The predicted molar refractivity (Wildman–Crippen MR) is 70.7 cm³/mol. The van der Waals surface area contributed by atoms with E-state index in [0.29, 0.717) is 22.6 Å². The molecule has 0 bridgehead atoms. The van der Waals surface area contributed by atoms with E-state index in [0.717, 1.165) is 0 Å². The molecule has 0 radical (unpaired) electrons. The van der Waals surface area contributed by atoms with Crippen LogP contribution < -0.4 is 5.73 Å². The highest BCUT2D eigenvalue weighted by Gasteiger charge is 2.19. The fourth-order valence-corrected chi connectivity index (χ4v) is 3.00. The van der Waals surface area contributed by atoms with Crippen LogP contribution in [-0.4, -0.2) is 25.9 Å². The molecule has 0 aliphatic heterocycles. The molecule has 0 aliphatic rings. The molecule has 1 heterocycles. The molecule has 0 aliphatic carbocycles. The molecule has 2 unspecified atom stereocenters. The second-order valence-corrected chi connectivity index (χ2v) is 5.85. The van der Waals surface area contributed by atoms with E-state index >= 15 is 0 Å². The number of nitrogens with zero attached hydrogens (tertiary/aromatic N) is 2. The highest BCUT2D eigenvalue weighted by atomic mass is 32.2. The van der Waals surface area contributed by atoms with Gasteiger partial charge in [-0.15, -0.1) is 0 Å². The molecule has 0 amide bonds. The van der Waals surface area contributed by atoms with Crippen molar-refractivity contribution >= 4 is 16.5 Å². The van der Waals surface area contributed by atoms with E-state index in [9.17, 15) is 14.3 Å². The standard InChI is InChI=1S/C11H17N3O3S/c1-7-4-13-10(6-18(17)5-8(2)12)9(3)11(7)14(15)16/h4,8H,5-6,12H2,1-3H3. The number of aryl methyl sites for hydroxylation is 1. The lowest BCUT2D eigenvalue weighted by atomic mass is 10.1. The van der Waals surface area contributed by atoms with Gasteiger partial charge in [-0.05, 0) is 20.8 Å². The highest BCUT2D eigenvalue weighted by Crippen LogP contribution is 2.24. The lowest BCUT2D eigenvalue weighted by Gasteiger charge is -2.08. The van der Waals surface area contributed by atoms with Gasteiger partial charge in [-0.25, -0.2) is 0 Å². The van der Waals surface area contributed by atoms with Crippen LogP contribution in [0.15, 0.2) is 6.20 Å². The molecule has 0 aromatic carbocycles. The molecule has 0 saturated heterocycles. The van der Waals surface area contributed by atoms with Gasteiger partial charge in [-0.2, -0.15) is 0 Å². The van der Waals surface area contributed by atoms with Gasteiger partial charge in [0, 0.05) is 39.9 Å². The minimum atomic E-state index is -1.15. The Morgan fingerprint density at radius 1 is 1.56 bits per heavy atom. The van der Waals surface area contributed by atoms with E-state index in [4.69, 9.17) is 5.73 Å². The van der Waals surface area contributed by atoms with Crippen LogP contribution in [0.5, 0.6) is 0 Å². The van der Waals surface area contributed by atoms with Crippen LogP contribution in [0.2, 0.25) is 0 Å². The topological polar surface area (TPSA) is 99.1 Å². The average molecular weight is 271 g/mol. The van der Waals surface area contributed by atoms with Crippen LogP contribution in [0.3, 0.4) is 0 Å². The number of aromatic nitrogens is 1. The van der Waals surface area contributed by atoms with Gasteiger partial charge in [0.2, 0.25) is 0 Å². The molecule has 1 rings (SSSR count). The summed E-state index contributed by atoms with van der Waals surface area (Å²) in [6.07, 6.45) is 1.45. The summed E-state index contributed by atoms with van der Waals surface area (Å²) in [6, 6.07) is -0.161. The normalized spacial score (nSPS) is 14.2. The molecule has 0 fully saturated rings. The summed E-state index contributed by atoms with van der Waals surface area (Å²) in [5.41, 5.74) is 7.12. The summed E-state index contributed by atoms with van der Waals surface area (Å²) in [4.78, 5) is 14.6. The predicted octanol–water partition coefficient (Wildman–Crippen LogP) is 1.20. The van der Waals surface area contributed by atoms with Crippen molar-refractivity contribution in [1.29, 1.82) is 0 Å². The maximum Gasteiger partial charge on any atom is 0.278 e. The lowest BCUT2D eigenvalue weighted by molar-refractivity contribution is -0.386. The van der Waals surface area contributed by atoms with Gasteiger partial charge >= 0.3 is 0 Å². The zero-order valence-corrected chi connectivity index (χ0v) is 11.5. The third-order valence-electron chi connectivity index (χ3n) is 2.50. The van der Waals surface area contributed by atoms with Gasteiger partial charge in [-0.1, -0.05) is 0 Å². The summed E-state index contributed by atoms with van der Waals surface area (Å²) in [5, 5.41) is 10.9. The van der Waals surface area contributed by atoms with Crippen LogP contribution in [0, 0.1) is 24.0 Å². The van der Waals surface area contributed by atoms with Crippen LogP contribution in [-0.2, 0) is 16.6 Å². The third kappa shape index (κ3) is 3.58. The van der Waals surface area contributed by atoms with Gasteiger partial charge in [0.25, 0.3) is 5.69 Å². The molecule has 1 aromatic rings. The Bertz CT molecular complexity index is 489. The number of nitro groups is 1. The molecule has 0 spiro atoms. The molecule has 6 nitrogen and oxygen atoms in total. The van der Waals surface area contributed by atoms with Crippen molar-refractivity contribution in [2.24, 2.45) is 5.73 Å². The number of pyridine rings is 1. The molecule has 7 heteroatoms. The molecule has 2 N–H and O–H groups in total. The van der Waals surface area contributed by atoms with E-state index < -0.39 is 15.7 Å². The summed E-state index contributed by atoms with van der Waals surface area (Å²) in [6.45, 7) is 5.05. The summed E-state index contributed by atoms with van der Waals surface area (Å²) in [7, 11) is -1.15. The number of hydrogen-bond donors (Lipinski definition) is 1. The molecular weight excluding hydrogens is 254 g/mol. The Morgan fingerprint density at radius 3 is 2.67 bits per heavy atom. The Kier molecular flexibility index (Phi) is 4.92. The quantitative estimate of drug-likeness (QED) is 0.641. The van der Waals surface area contributed by atoms with Crippen LogP contribution >= 0.6 is 0 Å². The van der Waals surface area contributed by atoms with E-state index in [1.165, 1.54) is 6.20 Å². The fraction of sp³-hybridized carbons (Fsp3) is 0.545. The maximum absolute atomic E-state index is 11.8. The number of hydrogen-bond acceptors (Lipinski definition) is 5. The third-order valence-corrected chi connectivity index (χ3v) is 4.00. The van der Waals surface area contributed by atoms with E-state index in [2.05, 4.69) is 4.98 Å². The van der Waals surface area contributed by atoms with Crippen molar-refractivity contribution in [3.63, 3.8) is 0 Å². The molecule has 18 heavy (non-hydrogen) atoms. The minimum Gasteiger partial charge on any atom is -0.327 e. The zero-order valence-electron chi connectivity index (χ0n) is 10.7. The van der Waals surface area contributed by atoms with E-state index in [1.54, 1.807) is 20.8 Å². The van der Waals surface area contributed by atoms with Crippen molar-refractivity contribution in [3.8, 4) is 0 Å². The van der Waals surface area contributed by atoms with Crippen LogP contribution in [0.1, 0.15) is 23.7 Å². The molecule has 100 valence electrons. The smallest absolute Gasteiger partial charge is 0.278 e.